The Morgan fingerprint density at radius 2 is 0.660 bits per heavy atom. The lowest BCUT2D eigenvalue weighted by Crippen LogP contribution is -2.09. The maximum atomic E-state index is 12.9. The number of nitrogens with zero attached hydrogens (tertiary/aromatic N) is 6. The minimum Gasteiger partial charge on any atom is -0.311 e. The number of anilines is 6. The molecule has 0 spiro atoms. The van der Waals surface area contributed by atoms with Crippen molar-refractivity contribution in [2.45, 2.75) is 0 Å². The summed E-state index contributed by atoms with van der Waals surface area (Å²) in [6, 6.07) is 53.6. The first-order chi connectivity index (χ1) is 26.0. The quantitative estimate of drug-likeness (QED) is 0.101. The number of para-hydroxylation sites is 4. The van der Waals surface area contributed by atoms with E-state index in [4.69, 9.17) is 0 Å². The Morgan fingerprint density at radius 1 is 0.396 bits per heavy atom. The lowest BCUT2D eigenvalue weighted by Gasteiger charge is -2.25. The zero-order chi connectivity index (χ0) is 36.3. The first kappa shape index (κ1) is 32.9. The Bertz CT molecular complexity index is 2290. The summed E-state index contributed by atoms with van der Waals surface area (Å²) in [5, 5.41) is 25.8. The molecule has 0 atom stereocenters. The van der Waals surface area contributed by atoms with Crippen LogP contribution in [0.25, 0.3) is 33.3 Å². The van der Waals surface area contributed by atoms with Crippen LogP contribution in [0.15, 0.2) is 170 Å². The average molecular weight is 713 g/mol. The van der Waals surface area contributed by atoms with E-state index in [0.29, 0.717) is 11.1 Å². The topological polar surface area (TPSA) is 119 Å². The van der Waals surface area contributed by atoms with Gasteiger partial charge in [-0.05, 0) is 83.9 Å². The largest absolute Gasteiger partial charge is 0.356 e. The number of rotatable bonds is 10. The molecule has 11 heteroatoms. The van der Waals surface area contributed by atoms with Crippen LogP contribution >= 0.6 is 11.7 Å². The van der Waals surface area contributed by atoms with Crippen LogP contribution in [0.1, 0.15) is 0 Å². The molecule has 0 aliphatic carbocycles. The fourth-order valence-corrected chi connectivity index (χ4v) is 7.20. The Kier molecular flexibility index (Phi) is 8.81. The van der Waals surface area contributed by atoms with Crippen molar-refractivity contribution in [1.82, 2.24) is 8.75 Å². The van der Waals surface area contributed by atoms with Crippen LogP contribution in [0.5, 0.6) is 0 Å². The van der Waals surface area contributed by atoms with Gasteiger partial charge >= 0.3 is 11.4 Å². The summed E-state index contributed by atoms with van der Waals surface area (Å²) in [4.78, 5) is 28.6. The number of nitro benzene ring substituents is 2. The van der Waals surface area contributed by atoms with E-state index in [1.165, 1.54) is 0 Å². The third kappa shape index (κ3) is 6.21. The molecule has 0 saturated carbocycles. The standard InChI is InChI=1S/C42H28N6O4S/c49-47(50)41-37(29-21-25-35(26-22-29)45(31-13-5-1-6-14-31)32-15-7-2-8-16-32)39-40(44-53-43-39)38(42(41)48(51)52)30-23-27-36(28-24-30)46(33-17-9-3-10-18-33)34-19-11-4-12-20-34/h1-28H. The molecule has 0 fully saturated rings. The van der Waals surface area contributed by atoms with Gasteiger partial charge in [0, 0.05) is 34.1 Å². The van der Waals surface area contributed by atoms with Gasteiger partial charge in [0.25, 0.3) is 0 Å². The summed E-state index contributed by atoms with van der Waals surface area (Å²) < 4.78 is 8.97. The van der Waals surface area contributed by atoms with E-state index in [2.05, 4.69) is 18.5 Å². The third-order valence-corrected chi connectivity index (χ3v) is 9.44. The van der Waals surface area contributed by atoms with Gasteiger partial charge in [-0.15, -0.1) is 0 Å². The van der Waals surface area contributed by atoms with E-state index in [-0.39, 0.29) is 22.2 Å². The molecule has 256 valence electrons. The molecule has 0 amide bonds. The molecule has 0 unspecified atom stereocenters. The summed E-state index contributed by atoms with van der Waals surface area (Å²) in [6.45, 7) is 0. The maximum absolute atomic E-state index is 12.9. The van der Waals surface area contributed by atoms with Crippen LogP contribution in [-0.4, -0.2) is 18.6 Å². The third-order valence-electron chi connectivity index (χ3n) is 8.91. The average Bonchev–Trinajstić information content (AvgIpc) is 3.69. The first-order valence-corrected chi connectivity index (χ1v) is 17.3. The minimum atomic E-state index is -0.690. The molecular formula is C42H28N6O4S. The highest BCUT2D eigenvalue weighted by Gasteiger charge is 2.39. The Balaban J connectivity index is 1.26. The number of fused-ring (bicyclic) bond motifs is 1. The second-order valence-electron chi connectivity index (χ2n) is 12.0. The number of benzene rings is 7. The van der Waals surface area contributed by atoms with E-state index in [1.54, 1.807) is 24.3 Å². The SMILES string of the molecule is O=[N+]([O-])c1c([N+](=O)[O-])c(-c2ccc(N(c3ccccc3)c3ccccc3)cc2)c2nsnc2c1-c1ccc(N(c2ccccc2)c2ccccc2)cc1. The molecule has 0 radical (unpaired) electrons. The zero-order valence-electron chi connectivity index (χ0n) is 27.9. The molecule has 53 heavy (non-hydrogen) atoms. The van der Waals surface area contributed by atoms with Crippen LogP contribution in [0.4, 0.5) is 45.5 Å². The molecule has 0 N–H and O–H groups in total. The van der Waals surface area contributed by atoms with E-state index >= 15 is 0 Å². The van der Waals surface area contributed by atoms with Crippen LogP contribution in [0, 0.1) is 20.2 Å². The zero-order valence-corrected chi connectivity index (χ0v) is 28.7. The molecule has 10 nitrogen and oxygen atoms in total. The van der Waals surface area contributed by atoms with Crippen LogP contribution in [0.3, 0.4) is 0 Å². The second kappa shape index (κ2) is 14.2. The molecule has 0 bridgehead atoms. The lowest BCUT2D eigenvalue weighted by molar-refractivity contribution is -0.421. The fourth-order valence-electron chi connectivity index (χ4n) is 6.64. The number of hydrogen-bond acceptors (Lipinski definition) is 9. The van der Waals surface area contributed by atoms with Gasteiger partial charge in [-0.25, -0.2) is 0 Å². The lowest BCUT2D eigenvalue weighted by atomic mass is 9.93. The van der Waals surface area contributed by atoms with E-state index < -0.39 is 21.2 Å². The molecule has 0 aliphatic rings. The fraction of sp³-hybridized carbons (Fsp3) is 0. The maximum Gasteiger partial charge on any atom is 0.356 e. The molecule has 8 aromatic rings. The van der Waals surface area contributed by atoms with E-state index in [1.807, 2.05) is 146 Å². The predicted octanol–water partition coefficient (Wildman–Crippen LogP) is 11.8. The molecule has 1 aromatic heterocycles. The van der Waals surface area contributed by atoms with Gasteiger partial charge in [-0.1, -0.05) is 97.1 Å². The van der Waals surface area contributed by atoms with Gasteiger partial charge in [0.05, 0.1) is 32.7 Å². The highest BCUT2D eigenvalue weighted by Crippen LogP contribution is 2.50. The van der Waals surface area contributed by atoms with Crippen LogP contribution in [0.2, 0.25) is 0 Å². The molecule has 8 rings (SSSR count). The summed E-state index contributed by atoms with van der Waals surface area (Å²) in [6.07, 6.45) is 0. The summed E-state index contributed by atoms with van der Waals surface area (Å²) in [5.74, 6) is 0. The predicted molar refractivity (Wildman–Crippen MR) is 211 cm³/mol. The van der Waals surface area contributed by atoms with Crippen molar-refractivity contribution in [2.24, 2.45) is 0 Å². The van der Waals surface area contributed by atoms with Crippen molar-refractivity contribution >= 4 is 68.3 Å². The molecule has 7 aromatic carbocycles. The van der Waals surface area contributed by atoms with Crippen molar-refractivity contribution in [1.29, 1.82) is 0 Å². The van der Waals surface area contributed by atoms with Gasteiger partial charge in [-0.2, -0.15) is 8.75 Å². The van der Waals surface area contributed by atoms with Gasteiger partial charge in [0.2, 0.25) is 0 Å². The summed E-state index contributed by atoms with van der Waals surface area (Å²) in [7, 11) is 0. The van der Waals surface area contributed by atoms with E-state index in [9.17, 15) is 20.2 Å². The van der Waals surface area contributed by atoms with Gasteiger partial charge < -0.3 is 9.80 Å². The van der Waals surface area contributed by atoms with Crippen molar-refractivity contribution in [3.63, 3.8) is 0 Å². The number of aromatic nitrogens is 2. The minimum absolute atomic E-state index is 0.0441. The monoisotopic (exact) mass is 712 g/mol. The first-order valence-electron chi connectivity index (χ1n) is 16.6. The van der Waals surface area contributed by atoms with Crippen LogP contribution < -0.4 is 9.80 Å². The normalized spacial score (nSPS) is 10.9. The van der Waals surface area contributed by atoms with Gasteiger partial charge in [-0.3, -0.25) is 20.2 Å². The highest BCUT2D eigenvalue weighted by molar-refractivity contribution is 7.00. The van der Waals surface area contributed by atoms with Crippen molar-refractivity contribution in [3.05, 3.63) is 190 Å². The molecule has 0 aliphatic heterocycles. The number of nitro groups is 2. The highest BCUT2D eigenvalue weighted by atomic mass is 32.1. The van der Waals surface area contributed by atoms with Crippen molar-refractivity contribution in [3.8, 4) is 22.3 Å². The summed E-state index contributed by atoms with van der Waals surface area (Å²) in [5.41, 5.74) is 5.35. The molecular weight excluding hydrogens is 685 g/mol. The van der Waals surface area contributed by atoms with Crippen molar-refractivity contribution in [2.75, 3.05) is 9.80 Å². The number of hydrogen-bond donors (Lipinski definition) is 0. The Labute approximate surface area is 308 Å². The summed E-state index contributed by atoms with van der Waals surface area (Å²) >= 11 is 0.855. The van der Waals surface area contributed by atoms with Crippen molar-refractivity contribution < 1.29 is 9.85 Å². The van der Waals surface area contributed by atoms with Gasteiger partial charge in [0.15, 0.2) is 0 Å². The Hall–Kier alpha value is -7.24. The van der Waals surface area contributed by atoms with E-state index in [0.717, 1.165) is 45.9 Å². The smallest absolute Gasteiger partial charge is 0.311 e. The van der Waals surface area contributed by atoms with Crippen LogP contribution in [-0.2, 0) is 0 Å². The second-order valence-corrected chi connectivity index (χ2v) is 12.6. The molecule has 1 heterocycles. The van der Waals surface area contributed by atoms with Gasteiger partial charge in [0.1, 0.15) is 11.0 Å². The Morgan fingerprint density at radius 3 is 0.925 bits per heavy atom. The molecule has 0 saturated heterocycles.